The van der Waals surface area contributed by atoms with Crippen molar-refractivity contribution in [2.45, 2.75) is 6.92 Å². The molecule has 0 saturated heterocycles. The number of carbonyl (C=O) groups excluding carboxylic acids is 1. The Bertz CT molecular complexity index is 1550. The van der Waals surface area contributed by atoms with Gasteiger partial charge in [0.05, 0.1) is 5.39 Å². The standard InChI is InChI=1S/C27H19NO4/c1-16-8-13-25-21(14-16)24(30)15-26(32-25)17-9-11-18(12-10-17)27(31)28-22-6-2-5-20-19(22)4-3-7-23(20)29/h2-15,29H,1H3,(H,28,31). The topological polar surface area (TPSA) is 79.5 Å². The molecule has 4 aromatic carbocycles. The van der Waals surface area contributed by atoms with Crippen LogP contribution in [0, 0.1) is 6.92 Å². The lowest BCUT2D eigenvalue weighted by Gasteiger charge is -2.10. The number of nitrogens with one attached hydrogen (secondary N) is 1. The third-order valence-corrected chi connectivity index (χ3v) is 5.46. The van der Waals surface area contributed by atoms with Crippen molar-refractivity contribution in [3.63, 3.8) is 0 Å². The van der Waals surface area contributed by atoms with Gasteiger partial charge < -0.3 is 14.8 Å². The van der Waals surface area contributed by atoms with Gasteiger partial charge in [0.15, 0.2) is 5.43 Å². The molecular formula is C27H19NO4. The van der Waals surface area contributed by atoms with Crippen molar-refractivity contribution >= 4 is 33.3 Å². The summed E-state index contributed by atoms with van der Waals surface area (Å²) in [5, 5.41) is 14.9. The maximum atomic E-state index is 12.8. The Morgan fingerprint density at radius 3 is 2.41 bits per heavy atom. The molecule has 0 aliphatic heterocycles. The van der Waals surface area contributed by atoms with Gasteiger partial charge in [-0.15, -0.1) is 0 Å². The van der Waals surface area contributed by atoms with E-state index < -0.39 is 0 Å². The summed E-state index contributed by atoms with van der Waals surface area (Å²) in [6.45, 7) is 1.93. The van der Waals surface area contributed by atoms with Crippen LogP contribution in [0.15, 0.2) is 94.1 Å². The van der Waals surface area contributed by atoms with Gasteiger partial charge in [0.2, 0.25) is 0 Å². The second-order valence-corrected chi connectivity index (χ2v) is 7.68. The first kappa shape index (κ1) is 19.6. The molecule has 5 heteroatoms. The van der Waals surface area contributed by atoms with Gasteiger partial charge >= 0.3 is 0 Å². The number of fused-ring (bicyclic) bond motifs is 2. The molecule has 5 nitrogen and oxygen atoms in total. The molecular weight excluding hydrogens is 402 g/mol. The number of carbonyl (C=O) groups is 1. The first-order valence-corrected chi connectivity index (χ1v) is 10.2. The van der Waals surface area contributed by atoms with Crippen molar-refractivity contribution in [2.24, 2.45) is 0 Å². The van der Waals surface area contributed by atoms with Gasteiger partial charge in [-0.2, -0.15) is 0 Å². The van der Waals surface area contributed by atoms with Crippen LogP contribution in [0.25, 0.3) is 33.1 Å². The lowest BCUT2D eigenvalue weighted by atomic mass is 10.1. The zero-order valence-electron chi connectivity index (χ0n) is 17.3. The van der Waals surface area contributed by atoms with Crippen LogP contribution in [-0.2, 0) is 0 Å². The molecule has 0 atom stereocenters. The number of phenols is 1. The van der Waals surface area contributed by atoms with Gasteiger partial charge in [0.25, 0.3) is 5.91 Å². The molecule has 0 aliphatic rings. The number of aromatic hydroxyl groups is 1. The predicted molar refractivity (Wildman–Crippen MR) is 126 cm³/mol. The van der Waals surface area contributed by atoms with Crippen LogP contribution in [0.5, 0.6) is 5.75 Å². The van der Waals surface area contributed by atoms with E-state index in [9.17, 15) is 14.7 Å². The minimum absolute atomic E-state index is 0.106. The van der Waals surface area contributed by atoms with E-state index in [0.717, 1.165) is 10.9 Å². The average molecular weight is 421 g/mol. The van der Waals surface area contributed by atoms with E-state index in [0.29, 0.717) is 38.9 Å². The van der Waals surface area contributed by atoms with Gasteiger partial charge in [-0.1, -0.05) is 48.0 Å². The Labute approximate surface area is 183 Å². The predicted octanol–water partition coefficient (Wildman–Crippen LogP) is 5.88. The molecule has 0 unspecified atom stereocenters. The highest BCUT2D eigenvalue weighted by Crippen LogP contribution is 2.30. The number of aryl methyl sites for hydroxylation is 1. The van der Waals surface area contributed by atoms with E-state index in [2.05, 4.69) is 5.32 Å². The van der Waals surface area contributed by atoms with Gasteiger partial charge in [-0.25, -0.2) is 0 Å². The number of amides is 1. The van der Waals surface area contributed by atoms with Crippen LogP contribution < -0.4 is 10.7 Å². The summed E-state index contributed by atoms with van der Waals surface area (Å²) in [4.78, 5) is 25.3. The van der Waals surface area contributed by atoms with Crippen molar-refractivity contribution in [1.29, 1.82) is 0 Å². The van der Waals surface area contributed by atoms with Crippen molar-refractivity contribution < 1.29 is 14.3 Å². The third-order valence-electron chi connectivity index (χ3n) is 5.46. The van der Waals surface area contributed by atoms with Crippen molar-refractivity contribution in [3.05, 3.63) is 106 Å². The van der Waals surface area contributed by atoms with E-state index in [1.165, 1.54) is 6.07 Å². The van der Waals surface area contributed by atoms with Gasteiger partial charge in [0, 0.05) is 33.7 Å². The quantitative estimate of drug-likeness (QED) is 0.381. The number of benzene rings is 4. The first-order valence-electron chi connectivity index (χ1n) is 10.2. The summed E-state index contributed by atoms with van der Waals surface area (Å²) in [6.07, 6.45) is 0. The van der Waals surface area contributed by atoms with Crippen molar-refractivity contribution in [2.75, 3.05) is 5.32 Å². The molecule has 32 heavy (non-hydrogen) atoms. The summed E-state index contributed by atoms with van der Waals surface area (Å²) >= 11 is 0. The maximum absolute atomic E-state index is 12.8. The molecule has 2 N–H and O–H groups in total. The Kier molecular flexibility index (Phi) is 4.71. The van der Waals surface area contributed by atoms with Crippen LogP contribution in [0.1, 0.15) is 15.9 Å². The maximum Gasteiger partial charge on any atom is 0.255 e. The zero-order chi connectivity index (χ0) is 22.2. The molecule has 0 aliphatic carbocycles. The summed E-state index contributed by atoms with van der Waals surface area (Å²) in [7, 11) is 0. The smallest absolute Gasteiger partial charge is 0.255 e. The Morgan fingerprint density at radius 1 is 0.844 bits per heavy atom. The van der Waals surface area contributed by atoms with Crippen LogP contribution in [0.4, 0.5) is 5.69 Å². The van der Waals surface area contributed by atoms with Crippen LogP contribution in [-0.4, -0.2) is 11.0 Å². The Balaban J connectivity index is 1.44. The van der Waals surface area contributed by atoms with Crippen molar-refractivity contribution in [3.8, 4) is 17.1 Å². The van der Waals surface area contributed by atoms with E-state index in [4.69, 9.17) is 4.42 Å². The van der Waals surface area contributed by atoms with Crippen LogP contribution >= 0.6 is 0 Å². The van der Waals surface area contributed by atoms with Gasteiger partial charge in [-0.05, 0) is 43.3 Å². The molecule has 0 fully saturated rings. The minimum Gasteiger partial charge on any atom is -0.507 e. The Morgan fingerprint density at radius 2 is 1.59 bits per heavy atom. The fourth-order valence-corrected chi connectivity index (χ4v) is 3.80. The van der Waals surface area contributed by atoms with E-state index in [1.807, 2.05) is 25.1 Å². The molecule has 156 valence electrons. The molecule has 0 radical (unpaired) electrons. The molecule has 5 rings (SSSR count). The SMILES string of the molecule is Cc1ccc2oc(-c3ccc(C(=O)Nc4cccc5c(O)cccc45)cc3)cc(=O)c2c1. The fourth-order valence-electron chi connectivity index (χ4n) is 3.80. The zero-order valence-corrected chi connectivity index (χ0v) is 17.3. The largest absolute Gasteiger partial charge is 0.507 e. The molecule has 1 heterocycles. The lowest BCUT2D eigenvalue weighted by molar-refractivity contribution is 0.102. The third kappa shape index (κ3) is 3.50. The lowest BCUT2D eigenvalue weighted by Crippen LogP contribution is -2.12. The minimum atomic E-state index is -0.275. The average Bonchev–Trinajstić information content (AvgIpc) is 2.80. The summed E-state index contributed by atoms with van der Waals surface area (Å²) in [5.41, 5.74) is 3.20. The molecule has 0 saturated carbocycles. The number of hydrogen-bond donors (Lipinski definition) is 2. The van der Waals surface area contributed by atoms with E-state index in [-0.39, 0.29) is 17.1 Å². The highest BCUT2D eigenvalue weighted by atomic mass is 16.3. The summed E-state index contributed by atoms with van der Waals surface area (Å²) in [5.74, 6) is 0.334. The molecule has 0 bridgehead atoms. The number of anilines is 1. The van der Waals surface area contributed by atoms with Crippen LogP contribution in [0.3, 0.4) is 0 Å². The highest BCUT2D eigenvalue weighted by Gasteiger charge is 2.12. The van der Waals surface area contributed by atoms with Crippen molar-refractivity contribution in [1.82, 2.24) is 0 Å². The highest BCUT2D eigenvalue weighted by molar-refractivity contribution is 6.10. The van der Waals surface area contributed by atoms with Crippen LogP contribution in [0.2, 0.25) is 0 Å². The van der Waals surface area contributed by atoms with E-state index >= 15 is 0 Å². The number of rotatable bonds is 3. The normalized spacial score (nSPS) is 11.0. The summed E-state index contributed by atoms with van der Waals surface area (Å²) < 4.78 is 5.91. The second kappa shape index (κ2) is 7.71. The summed E-state index contributed by atoms with van der Waals surface area (Å²) in [6, 6.07) is 24.4. The monoisotopic (exact) mass is 421 g/mol. The first-order chi connectivity index (χ1) is 15.5. The molecule has 0 spiro atoms. The van der Waals surface area contributed by atoms with Gasteiger partial charge in [0.1, 0.15) is 17.1 Å². The molecule has 5 aromatic rings. The second-order valence-electron chi connectivity index (χ2n) is 7.68. The Hall–Kier alpha value is -4.38. The molecule has 1 aromatic heterocycles. The number of hydrogen-bond acceptors (Lipinski definition) is 4. The van der Waals surface area contributed by atoms with Gasteiger partial charge in [-0.3, -0.25) is 9.59 Å². The van der Waals surface area contributed by atoms with E-state index in [1.54, 1.807) is 60.7 Å². The number of phenolic OH excluding ortho intramolecular Hbond substituents is 1. The fraction of sp³-hybridized carbons (Fsp3) is 0.0370. The molecule has 1 amide bonds.